The van der Waals surface area contributed by atoms with Gasteiger partial charge in [0, 0.05) is 19.1 Å². The zero-order chi connectivity index (χ0) is 18.1. The predicted octanol–water partition coefficient (Wildman–Crippen LogP) is 1.57. The minimum Gasteiger partial charge on any atom is -0.371 e. The highest BCUT2D eigenvalue weighted by molar-refractivity contribution is 7.88. The summed E-state index contributed by atoms with van der Waals surface area (Å²) in [6.07, 6.45) is 5.56. The van der Waals surface area contributed by atoms with Gasteiger partial charge in [0.15, 0.2) is 0 Å². The molecule has 1 saturated heterocycles. The normalized spacial score (nSPS) is 18.3. The van der Waals surface area contributed by atoms with Gasteiger partial charge in [-0.25, -0.2) is 13.1 Å². The van der Waals surface area contributed by atoms with Crippen molar-refractivity contribution in [1.82, 2.24) is 9.62 Å². The molecule has 1 aromatic carbocycles. The van der Waals surface area contributed by atoms with Gasteiger partial charge in [-0.05, 0) is 37.7 Å². The molecular weight excluding hydrogens is 340 g/mol. The minimum absolute atomic E-state index is 0.00267. The van der Waals surface area contributed by atoms with Gasteiger partial charge >= 0.3 is 0 Å². The number of amides is 1. The number of sulfonamides is 1. The third kappa shape index (κ3) is 7.54. The quantitative estimate of drug-likeness (QED) is 0.671. The molecular formula is C18H28N2O4S. The van der Waals surface area contributed by atoms with Crippen LogP contribution in [-0.4, -0.2) is 57.8 Å². The summed E-state index contributed by atoms with van der Waals surface area (Å²) in [6.45, 7) is 1.69. The van der Waals surface area contributed by atoms with Crippen LogP contribution in [0.5, 0.6) is 0 Å². The first kappa shape index (κ1) is 19.9. The molecule has 0 spiro atoms. The van der Waals surface area contributed by atoms with Gasteiger partial charge in [0.2, 0.25) is 15.9 Å². The summed E-state index contributed by atoms with van der Waals surface area (Å²) in [5, 5.41) is 0. The zero-order valence-corrected chi connectivity index (χ0v) is 15.6. The molecule has 0 saturated carbocycles. The van der Waals surface area contributed by atoms with E-state index in [4.69, 9.17) is 4.74 Å². The van der Waals surface area contributed by atoms with Gasteiger partial charge in [0.1, 0.15) is 6.61 Å². The Balaban J connectivity index is 1.73. The van der Waals surface area contributed by atoms with Crippen molar-refractivity contribution in [3.05, 3.63) is 35.9 Å². The highest BCUT2D eigenvalue weighted by atomic mass is 32.2. The van der Waals surface area contributed by atoms with E-state index >= 15 is 0 Å². The third-order valence-electron chi connectivity index (χ3n) is 4.39. The fraction of sp³-hybridized carbons (Fsp3) is 0.611. The van der Waals surface area contributed by atoms with E-state index in [9.17, 15) is 13.2 Å². The fourth-order valence-electron chi connectivity index (χ4n) is 3.12. The Bertz CT molecular complexity index is 634. The van der Waals surface area contributed by atoms with Crippen LogP contribution in [-0.2, 0) is 26.0 Å². The topological polar surface area (TPSA) is 75.7 Å². The molecule has 0 bridgehead atoms. The Hall–Kier alpha value is -1.44. The van der Waals surface area contributed by atoms with Crippen LogP contribution in [0.2, 0.25) is 0 Å². The second-order valence-electron chi connectivity index (χ2n) is 6.48. The number of ether oxygens (including phenoxy) is 1. The van der Waals surface area contributed by atoms with Crippen molar-refractivity contribution in [1.29, 1.82) is 0 Å². The molecule has 1 N–H and O–H groups in total. The van der Waals surface area contributed by atoms with Crippen molar-refractivity contribution >= 4 is 15.9 Å². The maximum absolute atomic E-state index is 12.4. The van der Waals surface area contributed by atoms with Crippen LogP contribution in [0.1, 0.15) is 31.2 Å². The van der Waals surface area contributed by atoms with Crippen molar-refractivity contribution in [2.45, 2.75) is 38.1 Å². The van der Waals surface area contributed by atoms with Gasteiger partial charge < -0.3 is 9.64 Å². The summed E-state index contributed by atoms with van der Waals surface area (Å²) in [5.41, 5.74) is 1.19. The zero-order valence-electron chi connectivity index (χ0n) is 14.8. The van der Waals surface area contributed by atoms with Crippen LogP contribution < -0.4 is 4.72 Å². The molecule has 1 unspecified atom stereocenters. The average molecular weight is 368 g/mol. The first-order chi connectivity index (χ1) is 12.0. The SMILES string of the molecule is CS(=O)(=O)NCCC1CCCCN1C(=O)COCCc1ccccc1. The highest BCUT2D eigenvalue weighted by Gasteiger charge is 2.26. The lowest BCUT2D eigenvalue weighted by Crippen LogP contribution is -2.46. The smallest absolute Gasteiger partial charge is 0.248 e. The summed E-state index contributed by atoms with van der Waals surface area (Å²) in [6, 6.07) is 10.1. The van der Waals surface area contributed by atoms with E-state index in [1.807, 2.05) is 35.2 Å². The Labute approximate surface area is 150 Å². The molecule has 25 heavy (non-hydrogen) atoms. The van der Waals surface area contributed by atoms with Gasteiger partial charge in [0.25, 0.3) is 0 Å². The van der Waals surface area contributed by atoms with E-state index in [1.165, 1.54) is 5.56 Å². The minimum atomic E-state index is -3.18. The van der Waals surface area contributed by atoms with Crippen molar-refractivity contribution in [2.75, 3.05) is 32.6 Å². The number of nitrogens with zero attached hydrogens (tertiary/aromatic N) is 1. The van der Waals surface area contributed by atoms with E-state index in [-0.39, 0.29) is 18.6 Å². The lowest BCUT2D eigenvalue weighted by Gasteiger charge is -2.36. The molecule has 6 nitrogen and oxygen atoms in total. The standard InChI is InChI=1S/C18H28N2O4S/c1-25(22,23)19-12-10-17-9-5-6-13-20(17)18(21)15-24-14-11-16-7-3-2-4-8-16/h2-4,7-8,17,19H,5-6,9-15H2,1H3. The molecule has 0 aliphatic carbocycles. The Kier molecular flexibility index (Phi) is 7.87. The fourth-order valence-corrected chi connectivity index (χ4v) is 3.61. The van der Waals surface area contributed by atoms with Crippen molar-refractivity contribution in [3.8, 4) is 0 Å². The first-order valence-electron chi connectivity index (χ1n) is 8.81. The Morgan fingerprint density at radius 3 is 2.76 bits per heavy atom. The molecule has 1 atom stereocenters. The number of piperidine rings is 1. The van der Waals surface area contributed by atoms with E-state index < -0.39 is 10.0 Å². The molecule has 140 valence electrons. The molecule has 1 heterocycles. The molecule has 2 rings (SSSR count). The number of hydrogen-bond donors (Lipinski definition) is 1. The van der Waals surface area contributed by atoms with Gasteiger partial charge in [-0.15, -0.1) is 0 Å². The van der Waals surface area contributed by atoms with E-state index in [0.29, 0.717) is 19.6 Å². The Morgan fingerprint density at radius 1 is 1.28 bits per heavy atom. The summed E-state index contributed by atoms with van der Waals surface area (Å²) in [7, 11) is -3.18. The number of hydrogen-bond acceptors (Lipinski definition) is 4. The van der Waals surface area contributed by atoms with Gasteiger partial charge in [-0.1, -0.05) is 30.3 Å². The Morgan fingerprint density at radius 2 is 2.04 bits per heavy atom. The maximum atomic E-state index is 12.4. The summed E-state index contributed by atoms with van der Waals surface area (Å²) >= 11 is 0. The van der Waals surface area contributed by atoms with Gasteiger partial charge in [-0.2, -0.15) is 0 Å². The number of likely N-dealkylation sites (tertiary alicyclic amines) is 1. The third-order valence-corrected chi connectivity index (χ3v) is 5.12. The number of carbonyl (C=O) groups is 1. The van der Waals surface area contributed by atoms with Crippen LogP contribution in [0.3, 0.4) is 0 Å². The number of nitrogens with one attached hydrogen (secondary N) is 1. The van der Waals surface area contributed by atoms with E-state index in [0.717, 1.165) is 38.5 Å². The number of carbonyl (C=O) groups excluding carboxylic acids is 1. The molecule has 1 aliphatic rings. The number of benzene rings is 1. The number of rotatable bonds is 9. The maximum Gasteiger partial charge on any atom is 0.248 e. The summed E-state index contributed by atoms with van der Waals surface area (Å²) in [4.78, 5) is 14.3. The summed E-state index contributed by atoms with van der Waals surface area (Å²) < 4.78 is 30.4. The predicted molar refractivity (Wildman–Crippen MR) is 97.8 cm³/mol. The lowest BCUT2D eigenvalue weighted by molar-refractivity contribution is -0.140. The molecule has 1 aliphatic heterocycles. The highest BCUT2D eigenvalue weighted by Crippen LogP contribution is 2.19. The van der Waals surface area contributed by atoms with E-state index in [1.54, 1.807) is 0 Å². The van der Waals surface area contributed by atoms with Crippen LogP contribution in [0.15, 0.2) is 30.3 Å². The van der Waals surface area contributed by atoms with Gasteiger partial charge in [0.05, 0.1) is 12.9 Å². The van der Waals surface area contributed by atoms with E-state index in [2.05, 4.69) is 4.72 Å². The molecule has 0 radical (unpaired) electrons. The molecule has 7 heteroatoms. The van der Waals surface area contributed by atoms with Gasteiger partial charge in [-0.3, -0.25) is 4.79 Å². The second kappa shape index (κ2) is 9.89. The molecule has 1 aromatic rings. The van der Waals surface area contributed by atoms with Crippen molar-refractivity contribution in [3.63, 3.8) is 0 Å². The van der Waals surface area contributed by atoms with Crippen molar-refractivity contribution in [2.24, 2.45) is 0 Å². The lowest BCUT2D eigenvalue weighted by atomic mass is 9.99. The van der Waals surface area contributed by atoms with Crippen LogP contribution in [0.4, 0.5) is 0 Å². The van der Waals surface area contributed by atoms with Crippen molar-refractivity contribution < 1.29 is 17.9 Å². The van der Waals surface area contributed by atoms with Crippen LogP contribution >= 0.6 is 0 Å². The van der Waals surface area contributed by atoms with Crippen LogP contribution in [0, 0.1) is 0 Å². The largest absolute Gasteiger partial charge is 0.371 e. The monoisotopic (exact) mass is 368 g/mol. The average Bonchev–Trinajstić information content (AvgIpc) is 2.59. The molecule has 0 aromatic heterocycles. The first-order valence-corrected chi connectivity index (χ1v) is 10.7. The van der Waals surface area contributed by atoms with Crippen LogP contribution in [0.25, 0.3) is 0 Å². The molecule has 1 amide bonds. The summed E-state index contributed by atoms with van der Waals surface area (Å²) in [5.74, 6) is -0.00267. The second-order valence-corrected chi connectivity index (χ2v) is 8.31. The molecule has 1 fully saturated rings.